The van der Waals surface area contributed by atoms with Crippen LogP contribution >= 0.6 is 15.9 Å². The molecule has 0 amide bonds. The maximum Gasteiger partial charge on any atom is 0.247 e. The van der Waals surface area contributed by atoms with E-state index >= 15 is 0 Å². The summed E-state index contributed by atoms with van der Waals surface area (Å²) in [5.74, 6) is 1.23. The van der Waals surface area contributed by atoms with Crippen molar-refractivity contribution in [3.63, 3.8) is 0 Å². The molecule has 32 heavy (non-hydrogen) atoms. The predicted molar refractivity (Wildman–Crippen MR) is 129 cm³/mol. The van der Waals surface area contributed by atoms with Crippen molar-refractivity contribution in [3.8, 4) is 11.5 Å². The van der Waals surface area contributed by atoms with Crippen LogP contribution in [0.15, 0.2) is 93.8 Å². The summed E-state index contributed by atoms with van der Waals surface area (Å²) in [5.41, 5.74) is 3.60. The van der Waals surface area contributed by atoms with Crippen LogP contribution in [0.4, 0.5) is 0 Å². The molecule has 3 aromatic carbocycles. The van der Waals surface area contributed by atoms with Crippen molar-refractivity contribution < 1.29 is 4.42 Å². The number of hydrogen-bond donors (Lipinski definition) is 0. The molecule has 0 atom stereocenters. The number of nitrogens with zero attached hydrogens (tertiary/aromatic N) is 4. The fourth-order valence-electron chi connectivity index (χ4n) is 4.31. The lowest BCUT2D eigenvalue weighted by Crippen LogP contribution is -2.47. The van der Waals surface area contributed by atoms with Gasteiger partial charge in [-0.3, -0.25) is 9.80 Å². The maximum atomic E-state index is 5.94. The molecule has 0 bridgehead atoms. The fourth-order valence-corrected chi connectivity index (χ4v) is 4.71. The number of halogens is 1. The van der Waals surface area contributed by atoms with E-state index in [0.717, 1.165) is 36.2 Å². The minimum atomic E-state index is 0.270. The van der Waals surface area contributed by atoms with Crippen LogP contribution in [0.25, 0.3) is 11.5 Å². The normalized spacial score (nSPS) is 15.3. The first-order chi connectivity index (χ1) is 15.8. The standard InChI is InChI=1S/C26H25BrN4O/c27-23-13-7-12-22(18-23)26-29-28-24(32-26)19-30-14-16-31(17-15-30)25(20-8-3-1-4-9-20)21-10-5-2-6-11-21/h1-13,18,25H,14-17,19H2. The molecule has 1 saturated heterocycles. The van der Waals surface area contributed by atoms with Gasteiger partial charge in [-0.25, -0.2) is 0 Å². The molecule has 0 spiro atoms. The Bertz CT molecular complexity index is 1100. The van der Waals surface area contributed by atoms with Crippen LogP contribution in [-0.2, 0) is 6.54 Å². The van der Waals surface area contributed by atoms with E-state index in [2.05, 4.69) is 96.6 Å². The third-order valence-corrected chi connectivity index (χ3v) is 6.39. The minimum absolute atomic E-state index is 0.270. The van der Waals surface area contributed by atoms with E-state index in [1.165, 1.54) is 11.1 Å². The van der Waals surface area contributed by atoms with Crippen LogP contribution in [-0.4, -0.2) is 46.2 Å². The maximum absolute atomic E-state index is 5.94. The average Bonchev–Trinajstić information content (AvgIpc) is 3.30. The van der Waals surface area contributed by atoms with Gasteiger partial charge in [-0.15, -0.1) is 10.2 Å². The van der Waals surface area contributed by atoms with Crippen molar-refractivity contribution in [1.82, 2.24) is 20.0 Å². The molecule has 1 fully saturated rings. The second-order valence-electron chi connectivity index (χ2n) is 8.05. The SMILES string of the molecule is Brc1cccc(-c2nnc(CN3CCN(C(c4ccccc4)c4ccccc4)CC3)o2)c1. The van der Waals surface area contributed by atoms with E-state index in [9.17, 15) is 0 Å². The molecule has 2 heterocycles. The smallest absolute Gasteiger partial charge is 0.247 e. The zero-order chi connectivity index (χ0) is 21.8. The van der Waals surface area contributed by atoms with Crippen LogP contribution < -0.4 is 0 Å². The van der Waals surface area contributed by atoms with E-state index in [4.69, 9.17) is 4.42 Å². The van der Waals surface area contributed by atoms with Gasteiger partial charge in [0, 0.05) is 36.2 Å². The Morgan fingerprint density at radius 2 is 1.44 bits per heavy atom. The Kier molecular flexibility index (Phi) is 6.44. The first-order valence-corrected chi connectivity index (χ1v) is 11.7. The van der Waals surface area contributed by atoms with Crippen molar-refractivity contribution in [1.29, 1.82) is 0 Å². The Balaban J connectivity index is 1.25. The lowest BCUT2D eigenvalue weighted by Gasteiger charge is -2.39. The summed E-state index contributed by atoms with van der Waals surface area (Å²) in [6, 6.07) is 29.8. The van der Waals surface area contributed by atoms with E-state index in [-0.39, 0.29) is 6.04 Å². The molecule has 0 N–H and O–H groups in total. The third kappa shape index (κ3) is 4.83. The molecule has 1 aliphatic heterocycles. The number of piperazine rings is 1. The Morgan fingerprint density at radius 3 is 2.06 bits per heavy atom. The van der Waals surface area contributed by atoms with Gasteiger partial charge in [-0.2, -0.15) is 0 Å². The Morgan fingerprint density at radius 1 is 0.781 bits per heavy atom. The van der Waals surface area contributed by atoms with Crippen molar-refractivity contribution in [2.24, 2.45) is 0 Å². The number of hydrogen-bond acceptors (Lipinski definition) is 5. The molecule has 5 nitrogen and oxygen atoms in total. The van der Waals surface area contributed by atoms with Crippen LogP contribution in [0.5, 0.6) is 0 Å². The van der Waals surface area contributed by atoms with Gasteiger partial charge in [-0.05, 0) is 29.3 Å². The molecule has 5 rings (SSSR count). The predicted octanol–water partition coefficient (Wildman–Crippen LogP) is 5.41. The molecular weight excluding hydrogens is 464 g/mol. The minimum Gasteiger partial charge on any atom is -0.419 e. The van der Waals surface area contributed by atoms with E-state index in [0.29, 0.717) is 18.3 Å². The highest BCUT2D eigenvalue weighted by molar-refractivity contribution is 9.10. The van der Waals surface area contributed by atoms with Gasteiger partial charge in [0.15, 0.2) is 0 Å². The molecule has 162 valence electrons. The van der Waals surface area contributed by atoms with Gasteiger partial charge in [-0.1, -0.05) is 82.7 Å². The van der Waals surface area contributed by atoms with Crippen molar-refractivity contribution in [2.75, 3.05) is 26.2 Å². The fraction of sp³-hybridized carbons (Fsp3) is 0.231. The third-order valence-electron chi connectivity index (χ3n) is 5.90. The Hall–Kier alpha value is -2.80. The van der Waals surface area contributed by atoms with Gasteiger partial charge in [0.2, 0.25) is 11.8 Å². The van der Waals surface area contributed by atoms with Crippen LogP contribution in [0, 0.1) is 0 Å². The summed E-state index contributed by atoms with van der Waals surface area (Å²) in [6.07, 6.45) is 0. The summed E-state index contributed by atoms with van der Waals surface area (Å²) in [4.78, 5) is 4.96. The molecule has 0 radical (unpaired) electrons. The number of benzene rings is 3. The van der Waals surface area contributed by atoms with Gasteiger partial charge >= 0.3 is 0 Å². The van der Waals surface area contributed by atoms with Crippen LogP contribution in [0.3, 0.4) is 0 Å². The molecule has 1 aliphatic rings. The quantitative estimate of drug-likeness (QED) is 0.363. The summed E-state index contributed by atoms with van der Waals surface area (Å²) >= 11 is 3.49. The monoisotopic (exact) mass is 488 g/mol. The van der Waals surface area contributed by atoms with Gasteiger partial charge < -0.3 is 4.42 Å². The zero-order valence-electron chi connectivity index (χ0n) is 17.8. The highest BCUT2D eigenvalue weighted by Crippen LogP contribution is 2.30. The lowest BCUT2D eigenvalue weighted by molar-refractivity contribution is 0.0986. The molecule has 0 aliphatic carbocycles. The summed E-state index contributed by atoms with van der Waals surface area (Å²) in [5, 5.41) is 8.52. The summed E-state index contributed by atoms with van der Waals surface area (Å²) < 4.78 is 6.94. The molecule has 6 heteroatoms. The second kappa shape index (κ2) is 9.77. The largest absolute Gasteiger partial charge is 0.419 e. The zero-order valence-corrected chi connectivity index (χ0v) is 19.4. The molecule has 4 aromatic rings. The highest BCUT2D eigenvalue weighted by atomic mass is 79.9. The molecule has 0 saturated carbocycles. The van der Waals surface area contributed by atoms with Crippen molar-refractivity contribution in [2.45, 2.75) is 12.6 Å². The van der Waals surface area contributed by atoms with Crippen molar-refractivity contribution in [3.05, 3.63) is 106 Å². The first kappa shape index (κ1) is 21.1. The Labute approximate surface area is 196 Å². The number of rotatable bonds is 6. The summed E-state index contributed by atoms with van der Waals surface area (Å²) in [7, 11) is 0. The molecule has 0 unspecified atom stereocenters. The topological polar surface area (TPSA) is 45.4 Å². The van der Waals surface area contributed by atoms with Crippen molar-refractivity contribution >= 4 is 15.9 Å². The van der Waals surface area contributed by atoms with E-state index in [1.807, 2.05) is 24.3 Å². The van der Waals surface area contributed by atoms with Gasteiger partial charge in [0.1, 0.15) is 0 Å². The van der Waals surface area contributed by atoms with Gasteiger partial charge in [0.25, 0.3) is 0 Å². The number of aromatic nitrogens is 2. The summed E-state index contributed by atoms with van der Waals surface area (Å²) in [6.45, 7) is 4.58. The van der Waals surface area contributed by atoms with E-state index in [1.54, 1.807) is 0 Å². The van der Waals surface area contributed by atoms with Crippen LogP contribution in [0.2, 0.25) is 0 Å². The molecular formula is C26H25BrN4O. The first-order valence-electron chi connectivity index (χ1n) is 10.9. The highest BCUT2D eigenvalue weighted by Gasteiger charge is 2.27. The van der Waals surface area contributed by atoms with E-state index < -0.39 is 0 Å². The lowest BCUT2D eigenvalue weighted by atomic mass is 9.96. The average molecular weight is 489 g/mol. The second-order valence-corrected chi connectivity index (χ2v) is 8.96. The van der Waals surface area contributed by atoms with Crippen LogP contribution in [0.1, 0.15) is 23.1 Å². The van der Waals surface area contributed by atoms with Gasteiger partial charge in [0.05, 0.1) is 12.6 Å². The molecule has 1 aromatic heterocycles.